The zero-order chi connectivity index (χ0) is 19.5. The second kappa shape index (κ2) is 12.5. The summed E-state index contributed by atoms with van der Waals surface area (Å²) >= 11 is 0. The van der Waals surface area contributed by atoms with Crippen LogP contribution in [-0.2, 0) is 9.53 Å². The van der Waals surface area contributed by atoms with E-state index >= 15 is 0 Å². The topological polar surface area (TPSA) is 70.0 Å². The Morgan fingerprint density at radius 2 is 1.74 bits per heavy atom. The maximum absolute atomic E-state index is 11.9. The molecule has 0 radical (unpaired) electrons. The highest BCUT2D eigenvalue weighted by Crippen LogP contribution is 2.32. The molecule has 5 heteroatoms. The molecule has 27 heavy (non-hydrogen) atoms. The van der Waals surface area contributed by atoms with Crippen LogP contribution in [0.25, 0.3) is 0 Å². The third kappa shape index (κ3) is 6.88. The first-order valence-electron chi connectivity index (χ1n) is 11.1. The van der Waals surface area contributed by atoms with Crippen molar-refractivity contribution in [3.63, 3.8) is 0 Å². The van der Waals surface area contributed by atoms with Gasteiger partial charge in [0.2, 0.25) is 5.91 Å². The summed E-state index contributed by atoms with van der Waals surface area (Å²) in [4.78, 5) is 13.5. The Balaban J connectivity index is 1.57. The summed E-state index contributed by atoms with van der Waals surface area (Å²) in [6.07, 6.45) is 17.5. The van der Waals surface area contributed by atoms with Crippen molar-refractivity contribution in [2.45, 2.75) is 115 Å². The van der Waals surface area contributed by atoms with Gasteiger partial charge in [-0.2, -0.15) is 0 Å². The fraction of sp³-hybridized carbons (Fsp3) is 0.864. The van der Waals surface area contributed by atoms with Gasteiger partial charge in [0.05, 0.1) is 18.8 Å². The predicted octanol–water partition coefficient (Wildman–Crippen LogP) is 3.92. The Morgan fingerprint density at radius 1 is 1.07 bits per heavy atom. The minimum atomic E-state index is -0.801. The maximum Gasteiger partial charge on any atom is 0.225 e. The van der Waals surface area contributed by atoms with Crippen molar-refractivity contribution in [2.24, 2.45) is 0 Å². The van der Waals surface area contributed by atoms with E-state index < -0.39 is 12.1 Å². The Labute approximate surface area is 164 Å². The summed E-state index contributed by atoms with van der Waals surface area (Å²) in [5.41, 5.74) is 0. The molecule has 0 aromatic carbocycles. The van der Waals surface area contributed by atoms with E-state index in [0.717, 1.165) is 25.7 Å². The monoisotopic (exact) mass is 381 g/mol. The fourth-order valence-corrected chi connectivity index (χ4v) is 4.23. The molecular formula is C22H39NO4. The minimum Gasteiger partial charge on any atom is -0.394 e. The van der Waals surface area contributed by atoms with E-state index in [-0.39, 0.29) is 24.8 Å². The van der Waals surface area contributed by atoms with E-state index in [0.29, 0.717) is 12.8 Å². The van der Waals surface area contributed by atoms with Gasteiger partial charge < -0.3 is 19.8 Å². The maximum atomic E-state index is 11.9. The summed E-state index contributed by atoms with van der Waals surface area (Å²) in [6.45, 7) is 2.04. The zero-order valence-corrected chi connectivity index (χ0v) is 17.0. The lowest BCUT2D eigenvalue weighted by atomic mass is 9.97. The van der Waals surface area contributed by atoms with Crippen molar-refractivity contribution in [3.05, 3.63) is 12.2 Å². The van der Waals surface area contributed by atoms with Crippen LogP contribution >= 0.6 is 0 Å². The summed E-state index contributed by atoms with van der Waals surface area (Å²) in [5, 5.41) is 20.1. The molecule has 2 rings (SSSR count). The molecule has 2 aliphatic heterocycles. The molecule has 2 saturated heterocycles. The van der Waals surface area contributed by atoms with Gasteiger partial charge in [-0.1, -0.05) is 57.6 Å². The fourth-order valence-electron chi connectivity index (χ4n) is 4.23. The molecule has 0 saturated carbocycles. The number of nitrogens with zero attached hydrogens (tertiary/aromatic N) is 1. The van der Waals surface area contributed by atoms with Crippen molar-refractivity contribution < 1.29 is 19.7 Å². The molecule has 4 atom stereocenters. The molecule has 0 aromatic rings. The van der Waals surface area contributed by atoms with Gasteiger partial charge in [-0.3, -0.25) is 4.79 Å². The number of carbonyl (C=O) groups excluding carboxylic acids is 1. The normalized spacial score (nSPS) is 28.3. The molecule has 2 fully saturated rings. The predicted molar refractivity (Wildman–Crippen MR) is 107 cm³/mol. The van der Waals surface area contributed by atoms with Crippen molar-refractivity contribution in [1.82, 2.24) is 4.90 Å². The number of allylic oxidation sites excluding steroid dienone is 2. The molecule has 156 valence electrons. The molecule has 0 unspecified atom stereocenters. The smallest absolute Gasteiger partial charge is 0.225 e. The molecule has 0 aliphatic carbocycles. The standard InChI is InChI=1S/C22H39NO4/c1-2-3-4-5-6-7-8-9-10-11-12-13-14-19-22(26)18(17-24)23-20(25)15-16-21(23)27-19/h10-11,18-19,21-22,24,26H,2-9,12-17H2,1H3/b11-10+/t18-,19+,21-,22-/m0/s1. The lowest BCUT2D eigenvalue weighted by Gasteiger charge is -2.44. The van der Waals surface area contributed by atoms with Crippen molar-refractivity contribution in [1.29, 1.82) is 0 Å². The van der Waals surface area contributed by atoms with Crippen LogP contribution < -0.4 is 0 Å². The molecule has 0 aromatic heterocycles. The summed E-state index contributed by atoms with van der Waals surface area (Å²) in [7, 11) is 0. The molecule has 0 spiro atoms. The molecule has 2 heterocycles. The van der Waals surface area contributed by atoms with Crippen molar-refractivity contribution >= 4 is 5.91 Å². The Morgan fingerprint density at radius 3 is 2.44 bits per heavy atom. The Bertz CT molecular complexity index is 454. The van der Waals surface area contributed by atoms with E-state index in [1.54, 1.807) is 4.90 Å². The van der Waals surface area contributed by atoms with Crippen LogP contribution in [0.1, 0.15) is 90.4 Å². The van der Waals surface area contributed by atoms with Gasteiger partial charge >= 0.3 is 0 Å². The van der Waals surface area contributed by atoms with E-state index in [2.05, 4.69) is 19.1 Å². The number of aliphatic hydroxyl groups excluding tert-OH is 2. The van der Waals surface area contributed by atoms with Crippen LogP contribution in [0.3, 0.4) is 0 Å². The number of fused-ring (bicyclic) bond motifs is 1. The van der Waals surface area contributed by atoms with Crippen LogP contribution in [0, 0.1) is 0 Å². The SMILES string of the molecule is CCCCCCCCC/C=C/CCC[C@H]1O[C@H]2CCC(=O)N2[C@@H](CO)[C@@H]1O. The third-order valence-electron chi connectivity index (χ3n) is 5.86. The zero-order valence-electron chi connectivity index (χ0n) is 17.0. The van der Waals surface area contributed by atoms with Crippen LogP contribution in [0.4, 0.5) is 0 Å². The highest BCUT2D eigenvalue weighted by molar-refractivity contribution is 5.79. The van der Waals surface area contributed by atoms with Crippen LogP contribution in [0.15, 0.2) is 12.2 Å². The van der Waals surface area contributed by atoms with Gasteiger partial charge in [-0.15, -0.1) is 0 Å². The van der Waals surface area contributed by atoms with Gasteiger partial charge in [0.15, 0.2) is 0 Å². The highest BCUT2D eigenvalue weighted by Gasteiger charge is 2.47. The van der Waals surface area contributed by atoms with Gasteiger partial charge in [-0.25, -0.2) is 0 Å². The Kier molecular flexibility index (Phi) is 10.4. The van der Waals surface area contributed by atoms with E-state index in [1.807, 2.05) is 0 Å². The van der Waals surface area contributed by atoms with Gasteiger partial charge in [-0.05, 0) is 32.1 Å². The molecule has 0 bridgehead atoms. The lowest BCUT2D eigenvalue weighted by molar-refractivity contribution is -0.210. The number of hydrogen-bond donors (Lipinski definition) is 2. The van der Waals surface area contributed by atoms with Gasteiger partial charge in [0.25, 0.3) is 0 Å². The van der Waals surface area contributed by atoms with Crippen molar-refractivity contribution in [2.75, 3.05) is 6.61 Å². The summed E-state index contributed by atoms with van der Waals surface area (Å²) < 4.78 is 5.94. The first kappa shape index (κ1) is 22.4. The van der Waals surface area contributed by atoms with E-state index in [1.165, 1.54) is 44.9 Å². The summed E-state index contributed by atoms with van der Waals surface area (Å²) in [6, 6.07) is -0.517. The molecule has 2 N–H and O–H groups in total. The molecular weight excluding hydrogens is 342 g/mol. The Hall–Kier alpha value is -0.910. The first-order valence-corrected chi connectivity index (χ1v) is 11.1. The quantitative estimate of drug-likeness (QED) is 0.375. The largest absolute Gasteiger partial charge is 0.394 e. The van der Waals surface area contributed by atoms with Crippen LogP contribution in [0.2, 0.25) is 0 Å². The second-order valence-corrected chi connectivity index (χ2v) is 8.02. The number of amides is 1. The minimum absolute atomic E-state index is 0.0233. The van der Waals surface area contributed by atoms with E-state index in [9.17, 15) is 15.0 Å². The molecule has 1 amide bonds. The highest BCUT2D eigenvalue weighted by atomic mass is 16.5. The first-order chi connectivity index (χ1) is 13.2. The number of carbonyl (C=O) groups is 1. The van der Waals surface area contributed by atoms with Gasteiger partial charge in [0, 0.05) is 12.8 Å². The number of aliphatic hydroxyl groups is 2. The van der Waals surface area contributed by atoms with Crippen molar-refractivity contribution in [3.8, 4) is 0 Å². The average molecular weight is 382 g/mol. The average Bonchev–Trinajstić information content (AvgIpc) is 3.03. The number of ether oxygens (including phenoxy) is 1. The summed E-state index contributed by atoms with van der Waals surface area (Å²) in [5.74, 6) is -0.0233. The number of rotatable bonds is 13. The second-order valence-electron chi connectivity index (χ2n) is 8.02. The van der Waals surface area contributed by atoms with Crippen LogP contribution in [0.5, 0.6) is 0 Å². The molecule has 2 aliphatic rings. The number of hydrogen-bond acceptors (Lipinski definition) is 4. The number of unbranched alkanes of at least 4 members (excludes halogenated alkanes) is 8. The van der Waals surface area contributed by atoms with E-state index in [4.69, 9.17) is 4.74 Å². The third-order valence-corrected chi connectivity index (χ3v) is 5.86. The lowest BCUT2D eigenvalue weighted by Crippen LogP contribution is -2.60. The molecule has 5 nitrogen and oxygen atoms in total. The van der Waals surface area contributed by atoms with Crippen LogP contribution in [-0.4, -0.2) is 52.1 Å². The van der Waals surface area contributed by atoms with Gasteiger partial charge in [0.1, 0.15) is 12.3 Å².